The molecule has 0 aromatic heterocycles. The van der Waals surface area contributed by atoms with Gasteiger partial charge in [0.15, 0.2) is 0 Å². The van der Waals surface area contributed by atoms with E-state index >= 15 is 0 Å². The van der Waals surface area contributed by atoms with Gasteiger partial charge in [0, 0.05) is 13.1 Å². The number of ether oxygens (including phenoxy) is 1. The van der Waals surface area contributed by atoms with Gasteiger partial charge in [0.1, 0.15) is 0 Å². The van der Waals surface area contributed by atoms with Gasteiger partial charge in [-0.2, -0.15) is 13.2 Å². The van der Waals surface area contributed by atoms with Gasteiger partial charge in [-0.1, -0.05) is 0 Å². The predicted octanol–water partition coefficient (Wildman–Crippen LogP) is 0.990. The molecule has 1 aromatic rings. The minimum atomic E-state index is -4.89. The van der Waals surface area contributed by atoms with Crippen LogP contribution >= 0.6 is 0 Å². The van der Waals surface area contributed by atoms with Crippen molar-refractivity contribution in [3.05, 3.63) is 29.3 Å². The van der Waals surface area contributed by atoms with Crippen molar-refractivity contribution < 1.29 is 31.1 Å². The van der Waals surface area contributed by atoms with E-state index in [-0.39, 0.29) is 6.54 Å². The second-order valence-corrected chi connectivity index (χ2v) is 5.97. The summed E-state index contributed by atoms with van der Waals surface area (Å²) in [7, 11) is -1.57. The number of hydrogen-bond donors (Lipinski definition) is 2. The van der Waals surface area contributed by atoms with Crippen molar-refractivity contribution in [1.82, 2.24) is 10.0 Å². The molecule has 22 heavy (non-hydrogen) atoms. The van der Waals surface area contributed by atoms with Crippen molar-refractivity contribution in [2.75, 3.05) is 27.2 Å². The Bertz CT molecular complexity index is 644. The lowest BCUT2D eigenvalue weighted by molar-refractivity contribution is -0.138. The smallest absolute Gasteiger partial charge is 0.417 e. The Kier molecular flexibility index (Phi) is 5.92. The van der Waals surface area contributed by atoms with Crippen LogP contribution in [0, 0.1) is 0 Å². The Morgan fingerprint density at radius 3 is 2.41 bits per heavy atom. The fourth-order valence-corrected chi connectivity index (χ4v) is 2.66. The summed E-state index contributed by atoms with van der Waals surface area (Å²) in [6, 6.07) is 2.11. The fourth-order valence-electron chi connectivity index (χ4n) is 1.61. The molecule has 0 aliphatic carbocycles. The molecular weight excluding hydrogens is 325 g/mol. The van der Waals surface area contributed by atoms with Crippen LogP contribution < -0.4 is 10.0 Å². The van der Waals surface area contributed by atoms with Crippen LogP contribution in [0.5, 0.6) is 0 Å². The Hall–Kier alpha value is -1.65. The normalized spacial score (nSPS) is 12.2. The highest BCUT2D eigenvalue weighted by Gasteiger charge is 2.36. The summed E-state index contributed by atoms with van der Waals surface area (Å²) in [5, 5.41) is 2.69. The van der Waals surface area contributed by atoms with E-state index < -0.39 is 38.2 Å². The first-order valence-corrected chi connectivity index (χ1v) is 7.55. The molecule has 0 heterocycles. The average Bonchev–Trinajstić information content (AvgIpc) is 2.45. The molecule has 0 fully saturated rings. The van der Waals surface area contributed by atoms with E-state index in [4.69, 9.17) is 0 Å². The zero-order valence-electron chi connectivity index (χ0n) is 11.8. The average molecular weight is 340 g/mol. The minimum absolute atomic E-state index is 0.0128. The molecule has 0 atom stereocenters. The number of likely N-dealkylation sites (N-methyl/N-ethyl adjacent to an activating group) is 1. The van der Waals surface area contributed by atoms with E-state index in [1.165, 1.54) is 0 Å². The fraction of sp³-hybridized carbons (Fsp3) is 0.417. The molecule has 10 heteroatoms. The largest absolute Gasteiger partial charge is 0.465 e. The molecule has 0 spiro atoms. The van der Waals surface area contributed by atoms with E-state index in [0.717, 1.165) is 19.2 Å². The van der Waals surface area contributed by atoms with Gasteiger partial charge in [-0.25, -0.2) is 17.9 Å². The van der Waals surface area contributed by atoms with Crippen LogP contribution in [0.15, 0.2) is 23.1 Å². The maximum absolute atomic E-state index is 13.0. The number of nitrogens with one attached hydrogen (secondary N) is 2. The number of sulfonamides is 1. The molecule has 2 N–H and O–H groups in total. The number of hydrogen-bond acceptors (Lipinski definition) is 5. The van der Waals surface area contributed by atoms with Crippen molar-refractivity contribution in [3.63, 3.8) is 0 Å². The molecule has 0 aliphatic heterocycles. The molecule has 0 radical (unpaired) electrons. The number of benzene rings is 1. The summed E-state index contributed by atoms with van der Waals surface area (Å²) in [5.41, 5.74) is -2.11. The number of alkyl halides is 3. The van der Waals surface area contributed by atoms with Gasteiger partial charge in [-0.05, 0) is 25.2 Å². The third-order valence-electron chi connectivity index (χ3n) is 2.68. The lowest BCUT2D eigenvalue weighted by atomic mass is 10.1. The van der Waals surface area contributed by atoms with E-state index in [0.29, 0.717) is 12.6 Å². The number of halogens is 3. The summed E-state index contributed by atoms with van der Waals surface area (Å²) in [5.74, 6) is -1.19. The molecular formula is C12H15F3N2O4S. The first-order valence-electron chi connectivity index (χ1n) is 6.07. The van der Waals surface area contributed by atoms with Crippen LogP contribution in [0.3, 0.4) is 0 Å². The Balaban J connectivity index is 3.28. The van der Waals surface area contributed by atoms with Crippen molar-refractivity contribution in [2.45, 2.75) is 11.1 Å². The van der Waals surface area contributed by atoms with E-state index in [1.807, 2.05) is 0 Å². The summed E-state index contributed by atoms with van der Waals surface area (Å²) in [6.07, 6.45) is -4.89. The highest BCUT2D eigenvalue weighted by Crippen LogP contribution is 2.33. The van der Waals surface area contributed by atoms with Crippen LogP contribution in [0.25, 0.3) is 0 Å². The molecule has 0 saturated carbocycles. The van der Waals surface area contributed by atoms with Crippen LogP contribution in [0.1, 0.15) is 15.9 Å². The number of esters is 1. The quantitative estimate of drug-likeness (QED) is 0.596. The van der Waals surface area contributed by atoms with Crippen molar-refractivity contribution in [1.29, 1.82) is 0 Å². The highest BCUT2D eigenvalue weighted by atomic mass is 32.2. The van der Waals surface area contributed by atoms with Gasteiger partial charge in [-0.15, -0.1) is 0 Å². The number of carbonyl (C=O) groups excluding carboxylic acids is 1. The molecule has 0 saturated heterocycles. The summed E-state index contributed by atoms with van der Waals surface area (Å²) < 4.78 is 69.2. The monoisotopic (exact) mass is 340 g/mol. The SMILES string of the molecule is CNCCNS(=O)(=O)c1ccc(C(=O)OC)c(C(F)(F)F)c1. The van der Waals surface area contributed by atoms with E-state index in [9.17, 15) is 26.4 Å². The Morgan fingerprint density at radius 1 is 1.27 bits per heavy atom. The molecule has 0 aliphatic rings. The third-order valence-corrected chi connectivity index (χ3v) is 4.14. The molecule has 1 aromatic carbocycles. The third kappa shape index (κ3) is 4.42. The number of rotatable bonds is 6. The number of carbonyl (C=O) groups is 1. The molecule has 124 valence electrons. The van der Waals surface area contributed by atoms with E-state index in [1.54, 1.807) is 7.05 Å². The lowest BCUT2D eigenvalue weighted by Gasteiger charge is -2.14. The second kappa shape index (κ2) is 7.07. The van der Waals surface area contributed by atoms with Crippen molar-refractivity contribution in [2.24, 2.45) is 0 Å². The lowest BCUT2D eigenvalue weighted by Crippen LogP contribution is -2.30. The molecule has 1 rings (SSSR count). The van der Waals surface area contributed by atoms with Crippen LogP contribution in [-0.4, -0.2) is 41.6 Å². The second-order valence-electron chi connectivity index (χ2n) is 4.20. The molecule has 0 unspecified atom stereocenters. The van der Waals surface area contributed by atoms with Crippen LogP contribution in [-0.2, 0) is 20.9 Å². The highest BCUT2D eigenvalue weighted by molar-refractivity contribution is 7.89. The topological polar surface area (TPSA) is 84.5 Å². The zero-order chi connectivity index (χ0) is 17.0. The van der Waals surface area contributed by atoms with Crippen molar-refractivity contribution in [3.8, 4) is 0 Å². The van der Waals surface area contributed by atoms with E-state index in [2.05, 4.69) is 14.8 Å². The standard InChI is InChI=1S/C12H15F3N2O4S/c1-16-5-6-17-22(19,20)8-3-4-9(11(18)21-2)10(7-8)12(13,14)15/h3-4,7,16-17H,5-6H2,1-2H3. The number of methoxy groups -OCH3 is 1. The summed E-state index contributed by atoms with van der Waals surface area (Å²) >= 11 is 0. The molecule has 0 bridgehead atoms. The predicted molar refractivity (Wildman–Crippen MR) is 71.9 cm³/mol. The van der Waals surface area contributed by atoms with Gasteiger partial charge >= 0.3 is 12.1 Å². The van der Waals surface area contributed by atoms with Gasteiger partial charge in [0.2, 0.25) is 10.0 Å². The maximum Gasteiger partial charge on any atom is 0.417 e. The maximum atomic E-state index is 13.0. The van der Waals surface area contributed by atoms with Crippen LogP contribution in [0.2, 0.25) is 0 Å². The molecule has 6 nitrogen and oxygen atoms in total. The summed E-state index contributed by atoms with van der Waals surface area (Å²) in [6.45, 7) is 0.324. The first kappa shape index (κ1) is 18.4. The van der Waals surface area contributed by atoms with Crippen molar-refractivity contribution >= 4 is 16.0 Å². The zero-order valence-corrected chi connectivity index (χ0v) is 12.6. The molecule has 0 amide bonds. The van der Waals surface area contributed by atoms with Crippen LogP contribution in [0.4, 0.5) is 13.2 Å². The summed E-state index contributed by atoms with van der Waals surface area (Å²) in [4.78, 5) is 10.8. The Morgan fingerprint density at radius 2 is 1.91 bits per heavy atom. The van der Waals surface area contributed by atoms with Gasteiger partial charge in [-0.3, -0.25) is 0 Å². The first-order chi connectivity index (χ1) is 10.1. The van der Waals surface area contributed by atoms with Gasteiger partial charge in [0.25, 0.3) is 0 Å². The van der Waals surface area contributed by atoms with Gasteiger partial charge < -0.3 is 10.1 Å². The minimum Gasteiger partial charge on any atom is -0.465 e. The Labute approximate surface area is 125 Å². The van der Waals surface area contributed by atoms with Gasteiger partial charge in [0.05, 0.1) is 23.1 Å².